The van der Waals surface area contributed by atoms with E-state index in [4.69, 9.17) is 14.5 Å². The molecule has 0 aliphatic rings. The van der Waals surface area contributed by atoms with Crippen molar-refractivity contribution in [3.63, 3.8) is 0 Å². The van der Waals surface area contributed by atoms with E-state index < -0.39 is 0 Å². The van der Waals surface area contributed by atoms with Gasteiger partial charge in [-0.1, -0.05) is 60.7 Å². The molecule has 0 saturated carbocycles. The second-order valence-corrected chi connectivity index (χ2v) is 6.01. The van der Waals surface area contributed by atoms with Gasteiger partial charge in [0.1, 0.15) is 0 Å². The van der Waals surface area contributed by atoms with E-state index in [9.17, 15) is 0 Å². The Bertz CT molecular complexity index is 1040. The molecule has 4 rings (SSSR count). The van der Waals surface area contributed by atoms with Gasteiger partial charge in [0.05, 0.1) is 19.9 Å². The standard InChI is InChI=1S/C23H19NO2/c1-25-20-13-18-15-24-23(17-11-7-4-8-12-17)22(16-9-5-3-6-10-16)19(18)14-21(20)26-2/h3-15H,1-2H3. The van der Waals surface area contributed by atoms with Crippen LogP contribution in [-0.2, 0) is 0 Å². The van der Waals surface area contributed by atoms with Gasteiger partial charge in [0.25, 0.3) is 0 Å². The van der Waals surface area contributed by atoms with Gasteiger partial charge in [-0.3, -0.25) is 4.98 Å². The number of hydrogen-bond acceptors (Lipinski definition) is 3. The van der Waals surface area contributed by atoms with Crippen molar-refractivity contribution < 1.29 is 9.47 Å². The molecule has 0 atom stereocenters. The molecule has 0 amide bonds. The van der Waals surface area contributed by atoms with Crippen molar-refractivity contribution >= 4 is 10.8 Å². The van der Waals surface area contributed by atoms with Crippen LogP contribution in [0.25, 0.3) is 33.2 Å². The van der Waals surface area contributed by atoms with Crippen LogP contribution in [0.3, 0.4) is 0 Å². The fourth-order valence-corrected chi connectivity index (χ4v) is 3.26. The monoisotopic (exact) mass is 341 g/mol. The molecule has 3 nitrogen and oxygen atoms in total. The predicted molar refractivity (Wildman–Crippen MR) is 106 cm³/mol. The van der Waals surface area contributed by atoms with Gasteiger partial charge in [-0.05, 0) is 23.1 Å². The van der Waals surface area contributed by atoms with Crippen molar-refractivity contribution in [2.24, 2.45) is 0 Å². The van der Waals surface area contributed by atoms with Crippen molar-refractivity contribution in [3.8, 4) is 33.9 Å². The van der Waals surface area contributed by atoms with E-state index in [0.29, 0.717) is 11.5 Å². The average molecular weight is 341 g/mol. The van der Waals surface area contributed by atoms with E-state index in [-0.39, 0.29) is 0 Å². The molecule has 0 unspecified atom stereocenters. The molecule has 4 aromatic rings. The number of methoxy groups -OCH3 is 2. The minimum atomic E-state index is 0.702. The molecule has 26 heavy (non-hydrogen) atoms. The maximum absolute atomic E-state index is 5.54. The van der Waals surface area contributed by atoms with Crippen molar-refractivity contribution in [2.75, 3.05) is 14.2 Å². The van der Waals surface area contributed by atoms with E-state index in [1.54, 1.807) is 14.2 Å². The Hall–Kier alpha value is -3.33. The molecule has 0 saturated heterocycles. The third-order valence-corrected chi connectivity index (χ3v) is 4.50. The summed E-state index contributed by atoms with van der Waals surface area (Å²) < 4.78 is 11.0. The normalized spacial score (nSPS) is 10.7. The molecule has 0 N–H and O–H groups in total. The summed E-state index contributed by atoms with van der Waals surface area (Å²) in [6.07, 6.45) is 1.89. The van der Waals surface area contributed by atoms with Crippen molar-refractivity contribution in [3.05, 3.63) is 79.0 Å². The molecule has 1 aromatic heterocycles. The number of rotatable bonds is 4. The van der Waals surface area contributed by atoms with E-state index in [1.807, 2.05) is 54.7 Å². The molecular weight excluding hydrogens is 322 g/mol. The summed E-state index contributed by atoms with van der Waals surface area (Å²) in [6, 6.07) is 24.6. The first-order chi connectivity index (χ1) is 12.8. The average Bonchev–Trinajstić information content (AvgIpc) is 2.73. The molecule has 3 heteroatoms. The molecule has 0 aliphatic carbocycles. The molecule has 3 aromatic carbocycles. The molecule has 0 bridgehead atoms. The highest BCUT2D eigenvalue weighted by Crippen LogP contribution is 2.40. The summed E-state index contributed by atoms with van der Waals surface area (Å²) in [5.41, 5.74) is 4.26. The van der Waals surface area contributed by atoms with Gasteiger partial charge in [-0.2, -0.15) is 0 Å². The van der Waals surface area contributed by atoms with Crippen LogP contribution in [0.5, 0.6) is 11.5 Å². The van der Waals surface area contributed by atoms with Crippen LogP contribution < -0.4 is 9.47 Å². The van der Waals surface area contributed by atoms with Crippen LogP contribution in [0.4, 0.5) is 0 Å². The summed E-state index contributed by atoms with van der Waals surface area (Å²) in [7, 11) is 3.30. The highest BCUT2D eigenvalue weighted by atomic mass is 16.5. The predicted octanol–water partition coefficient (Wildman–Crippen LogP) is 5.59. The lowest BCUT2D eigenvalue weighted by Gasteiger charge is -2.15. The van der Waals surface area contributed by atoms with Gasteiger partial charge in [0, 0.05) is 22.7 Å². The van der Waals surface area contributed by atoms with Crippen LogP contribution in [0.2, 0.25) is 0 Å². The summed E-state index contributed by atoms with van der Waals surface area (Å²) >= 11 is 0. The number of fused-ring (bicyclic) bond motifs is 1. The van der Waals surface area contributed by atoms with Crippen LogP contribution >= 0.6 is 0 Å². The van der Waals surface area contributed by atoms with E-state index in [2.05, 4.69) is 24.3 Å². The van der Waals surface area contributed by atoms with Crippen molar-refractivity contribution in [1.29, 1.82) is 0 Å². The third-order valence-electron chi connectivity index (χ3n) is 4.50. The maximum Gasteiger partial charge on any atom is 0.161 e. The first-order valence-electron chi connectivity index (χ1n) is 8.47. The highest BCUT2D eigenvalue weighted by Gasteiger charge is 2.16. The third kappa shape index (κ3) is 2.78. The number of nitrogens with zero attached hydrogens (tertiary/aromatic N) is 1. The SMILES string of the molecule is COc1cc2cnc(-c3ccccc3)c(-c3ccccc3)c2cc1OC. The van der Waals surface area contributed by atoms with Gasteiger partial charge < -0.3 is 9.47 Å². The minimum Gasteiger partial charge on any atom is -0.493 e. The smallest absolute Gasteiger partial charge is 0.161 e. The Kier molecular flexibility index (Phi) is 4.28. The number of pyridine rings is 1. The first-order valence-corrected chi connectivity index (χ1v) is 8.47. The second-order valence-electron chi connectivity index (χ2n) is 6.01. The molecule has 0 aliphatic heterocycles. The van der Waals surface area contributed by atoms with E-state index in [1.165, 1.54) is 0 Å². The number of benzene rings is 3. The number of ether oxygens (including phenoxy) is 2. The van der Waals surface area contributed by atoms with Gasteiger partial charge in [-0.15, -0.1) is 0 Å². The molecule has 0 radical (unpaired) electrons. The molecular formula is C23H19NO2. The van der Waals surface area contributed by atoms with Gasteiger partial charge >= 0.3 is 0 Å². The topological polar surface area (TPSA) is 31.4 Å². The summed E-state index contributed by atoms with van der Waals surface area (Å²) in [5.74, 6) is 1.41. The van der Waals surface area contributed by atoms with Crippen LogP contribution in [-0.4, -0.2) is 19.2 Å². The summed E-state index contributed by atoms with van der Waals surface area (Å²) in [6.45, 7) is 0. The largest absolute Gasteiger partial charge is 0.493 e. The highest BCUT2D eigenvalue weighted by molar-refractivity contribution is 6.03. The lowest BCUT2D eigenvalue weighted by molar-refractivity contribution is 0.356. The Morgan fingerprint density at radius 1 is 0.692 bits per heavy atom. The van der Waals surface area contributed by atoms with E-state index in [0.717, 1.165) is 33.2 Å². The zero-order valence-electron chi connectivity index (χ0n) is 14.8. The van der Waals surface area contributed by atoms with Gasteiger partial charge in [0.15, 0.2) is 11.5 Å². The van der Waals surface area contributed by atoms with Crippen LogP contribution in [0.15, 0.2) is 79.0 Å². The van der Waals surface area contributed by atoms with Gasteiger partial charge in [0.2, 0.25) is 0 Å². The molecule has 1 heterocycles. The Morgan fingerprint density at radius 2 is 1.27 bits per heavy atom. The lowest BCUT2D eigenvalue weighted by Crippen LogP contribution is -1.95. The molecule has 0 spiro atoms. The lowest BCUT2D eigenvalue weighted by atomic mass is 9.94. The number of aromatic nitrogens is 1. The Labute approximate surface area is 152 Å². The van der Waals surface area contributed by atoms with Crippen LogP contribution in [0, 0.1) is 0 Å². The minimum absolute atomic E-state index is 0.702. The summed E-state index contributed by atoms with van der Waals surface area (Å²) in [5, 5.41) is 2.10. The Morgan fingerprint density at radius 3 is 1.88 bits per heavy atom. The van der Waals surface area contributed by atoms with E-state index >= 15 is 0 Å². The zero-order valence-corrected chi connectivity index (χ0v) is 14.8. The maximum atomic E-state index is 5.54. The quantitative estimate of drug-likeness (QED) is 0.485. The summed E-state index contributed by atoms with van der Waals surface area (Å²) in [4.78, 5) is 4.79. The van der Waals surface area contributed by atoms with Gasteiger partial charge in [-0.25, -0.2) is 0 Å². The Balaban J connectivity index is 2.09. The van der Waals surface area contributed by atoms with Crippen molar-refractivity contribution in [1.82, 2.24) is 4.98 Å². The van der Waals surface area contributed by atoms with Crippen LogP contribution in [0.1, 0.15) is 0 Å². The van der Waals surface area contributed by atoms with Crippen molar-refractivity contribution in [2.45, 2.75) is 0 Å². The fourth-order valence-electron chi connectivity index (χ4n) is 3.26. The molecule has 0 fully saturated rings. The zero-order chi connectivity index (χ0) is 17.9. The first kappa shape index (κ1) is 16.2. The fraction of sp³-hybridized carbons (Fsp3) is 0.0870. The number of hydrogen-bond donors (Lipinski definition) is 0. The molecule has 128 valence electrons. The second kappa shape index (κ2) is 6.89.